The number of likely N-dealkylation sites (N-methyl/N-ethyl adjacent to an activating group) is 2. The summed E-state index contributed by atoms with van der Waals surface area (Å²) in [4.78, 5) is 28.4. The van der Waals surface area contributed by atoms with E-state index < -0.39 is 0 Å². The van der Waals surface area contributed by atoms with Crippen molar-refractivity contribution in [2.75, 3.05) is 67.2 Å². The van der Waals surface area contributed by atoms with Gasteiger partial charge in [0.25, 0.3) is 0 Å². The minimum absolute atomic E-state index is 0. The van der Waals surface area contributed by atoms with Crippen LogP contribution in [0.15, 0.2) is 0 Å². The Kier molecular flexibility index (Phi) is 15.1. The molecule has 0 aromatic carbocycles. The molecule has 8 heteroatoms. The van der Waals surface area contributed by atoms with Crippen molar-refractivity contribution < 1.29 is 43.4 Å². The topological polar surface area (TPSA) is 40.6 Å². The number of quaternary nitrogens is 2. The molecule has 0 N–H and O–H groups in total. The summed E-state index contributed by atoms with van der Waals surface area (Å²) in [5, 5.41) is 0. The van der Waals surface area contributed by atoms with Crippen molar-refractivity contribution in [1.29, 1.82) is 0 Å². The highest BCUT2D eigenvalue weighted by Crippen LogP contribution is 2.18. The molecule has 0 saturated carbocycles. The van der Waals surface area contributed by atoms with Crippen LogP contribution in [0.5, 0.6) is 0 Å². The molecule has 1 unspecified atom stereocenters. The maximum Gasteiger partial charge on any atom is 0.226 e. The number of halogens is 2. The van der Waals surface area contributed by atoms with Crippen LogP contribution in [-0.4, -0.2) is 97.8 Å². The second kappa shape index (κ2) is 15.4. The smallest absolute Gasteiger partial charge is 0.226 e. The van der Waals surface area contributed by atoms with Gasteiger partial charge in [0.15, 0.2) is 13.3 Å². The van der Waals surface area contributed by atoms with E-state index >= 15 is 0 Å². The zero-order chi connectivity index (χ0) is 22.0. The highest BCUT2D eigenvalue weighted by atomic mass is 35.5. The number of hydrogen-bond acceptors (Lipinski definition) is 2. The molecule has 2 heterocycles. The molecular formula is C24H48Cl2N4O2. The minimum Gasteiger partial charge on any atom is -1.00 e. The summed E-state index contributed by atoms with van der Waals surface area (Å²) >= 11 is 0. The molecule has 0 aliphatic carbocycles. The molecule has 2 aliphatic heterocycles. The van der Waals surface area contributed by atoms with Gasteiger partial charge in [-0.15, -0.1) is 0 Å². The molecule has 2 fully saturated rings. The van der Waals surface area contributed by atoms with E-state index in [4.69, 9.17) is 0 Å². The monoisotopic (exact) mass is 494 g/mol. The average molecular weight is 496 g/mol. The van der Waals surface area contributed by atoms with Gasteiger partial charge in [-0.05, 0) is 25.7 Å². The van der Waals surface area contributed by atoms with Crippen molar-refractivity contribution in [2.24, 2.45) is 0 Å². The van der Waals surface area contributed by atoms with Crippen LogP contribution in [0, 0.1) is 0 Å². The number of rotatable bonds is 15. The van der Waals surface area contributed by atoms with Crippen molar-refractivity contribution in [2.45, 2.75) is 77.6 Å². The van der Waals surface area contributed by atoms with Gasteiger partial charge in [-0.25, -0.2) is 0 Å². The lowest BCUT2D eigenvalue weighted by atomic mass is 10.1. The molecule has 32 heavy (non-hydrogen) atoms. The molecule has 0 radical (unpaired) electrons. The lowest BCUT2D eigenvalue weighted by Gasteiger charge is -2.41. The molecule has 2 rings (SSSR count). The fourth-order valence-corrected chi connectivity index (χ4v) is 4.87. The summed E-state index contributed by atoms with van der Waals surface area (Å²) in [6.45, 7) is 8.96. The number of amides is 2. The van der Waals surface area contributed by atoms with Crippen molar-refractivity contribution >= 4 is 11.8 Å². The van der Waals surface area contributed by atoms with Gasteiger partial charge in [0, 0.05) is 25.9 Å². The van der Waals surface area contributed by atoms with Gasteiger partial charge in [0.2, 0.25) is 11.8 Å². The van der Waals surface area contributed by atoms with Crippen LogP contribution in [0.3, 0.4) is 0 Å². The van der Waals surface area contributed by atoms with E-state index in [1.807, 2.05) is 4.90 Å². The van der Waals surface area contributed by atoms with Crippen molar-refractivity contribution in [3.63, 3.8) is 0 Å². The molecule has 2 saturated heterocycles. The Balaban J connectivity index is 0.00000480. The molecule has 0 bridgehead atoms. The molecule has 0 spiro atoms. The number of carbonyl (C=O) groups is 2. The van der Waals surface area contributed by atoms with Crippen LogP contribution in [0.1, 0.15) is 77.6 Å². The Morgan fingerprint density at radius 2 is 1.19 bits per heavy atom. The summed E-state index contributed by atoms with van der Waals surface area (Å²) in [5.41, 5.74) is 0. The quantitative estimate of drug-likeness (QED) is 0.185. The fraction of sp³-hybridized carbons (Fsp3) is 0.917. The number of hydrogen-bond donors (Lipinski definition) is 0. The first-order chi connectivity index (χ1) is 14.2. The van der Waals surface area contributed by atoms with Gasteiger partial charge in [-0.2, -0.15) is 0 Å². The second-order valence-electron chi connectivity index (χ2n) is 10.7. The third-order valence-corrected chi connectivity index (χ3v) is 6.96. The van der Waals surface area contributed by atoms with Crippen molar-refractivity contribution in [3.05, 3.63) is 0 Å². The third kappa shape index (κ3) is 11.0. The predicted octanol–water partition coefficient (Wildman–Crippen LogP) is -2.57. The van der Waals surface area contributed by atoms with Gasteiger partial charge in [0.05, 0.1) is 27.7 Å². The standard InChI is InChI=1S/C24H48N4O2.2ClH/c1-5-6-7-8-9-10-11-18-28(4,22-26-17-13-15-24(26)30)20-19-27(2,3)21-25-16-12-14-23(25)29;;/h5-22H2,1-4H3;2*1H/q+2;;/p-2. The van der Waals surface area contributed by atoms with E-state index in [-0.39, 0.29) is 24.8 Å². The maximum atomic E-state index is 12.3. The Morgan fingerprint density at radius 3 is 1.69 bits per heavy atom. The minimum atomic E-state index is 0. The Labute approximate surface area is 209 Å². The van der Waals surface area contributed by atoms with E-state index in [1.54, 1.807) is 0 Å². The molecule has 6 nitrogen and oxygen atoms in total. The Hall–Kier alpha value is -0.560. The van der Waals surface area contributed by atoms with Gasteiger partial charge < -0.3 is 33.8 Å². The van der Waals surface area contributed by atoms with E-state index in [1.165, 1.54) is 44.9 Å². The van der Waals surface area contributed by atoms with Crippen LogP contribution in [0.25, 0.3) is 0 Å². The fourth-order valence-electron chi connectivity index (χ4n) is 4.87. The lowest BCUT2D eigenvalue weighted by Crippen LogP contribution is -3.00. The summed E-state index contributed by atoms with van der Waals surface area (Å²) < 4.78 is 1.78. The molecule has 2 aliphatic rings. The third-order valence-electron chi connectivity index (χ3n) is 6.96. The van der Waals surface area contributed by atoms with Crippen LogP contribution in [0.4, 0.5) is 0 Å². The summed E-state index contributed by atoms with van der Waals surface area (Å²) in [7, 11) is 6.82. The summed E-state index contributed by atoms with van der Waals surface area (Å²) in [5.74, 6) is 0.638. The molecule has 0 aromatic heterocycles. The van der Waals surface area contributed by atoms with Crippen LogP contribution < -0.4 is 24.8 Å². The number of nitrogens with zero attached hydrogens (tertiary/aromatic N) is 4. The summed E-state index contributed by atoms with van der Waals surface area (Å²) in [6.07, 6.45) is 12.7. The van der Waals surface area contributed by atoms with E-state index in [2.05, 4.69) is 33.0 Å². The number of carbonyl (C=O) groups excluding carboxylic acids is 2. The normalized spacial score (nSPS) is 18.5. The number of likely N-dealkylation sites (tertiary alicyclic amines) is 2. The molecule has 190 valence electrons. The lowest BCUT2D eigenvalue weighted by molar-refractivity contribution is -0.963. The predicted molar refractivity (Wildman–Crippen MR) is 123 cm³/mol. The van der Waals surface area contributed by atoms with Crippen LogP contribution in [-0.2, 0) is 9.59 Å². The van der Waals surface area contributed by atoms with E-state index in [0.29, 0.717) is 18.2 Å². The Morgan fingerprint density at radius 1 is 0.688 bits per heavy atom. The van der Waals surface area contributed by atoms with Gasteiger partial charge in [0.1, 0.15) is 13.1 Å². The number of unbranched alkanes of at least 4 members (excludes halogenated alkanes) is 6. The zero-order valence-electron chi connectivity index (χ0n) is 21.1. The highest BCUT2D eigenvalue weighted by Gasteiger charge is 2.34. The average Bonchev–Trinajstić information content (AvgIpc) is 3.27. The first kappa shape index (κ1) is 31.4. The van der Waals surface area contributed by atoms with Crippen molar-refractivity contribution in [1.82, 2.24) is 9.80 Å². The highest BCUT2D eigenvalue weighted by molar-refractivity contribution is 5.78. The molecule has 0 aromatic rings. The first-order valence-corrected chi connectivity index (χ1v) is 12.5. The van der Waals surface area contributed by atoms with E-state index in [9.17, 15) is 9.59 Å². The largest absolute Gasteiger partial charge is 1.00 e. The van der Waals surface area contributed by atoms with Gasteiger partial charge in [-0.1, -0.05) is 39.0 Å². The van der Waals surface area contributed by atoms with Gasteiger partial charge in [-0.3, -0.25) is 19.4 Å². The summed E-state index contributed by atoms with van der Waals surface area (Å²) in [6, 6.07) is 0. The second-order valence-corrected chi connectivity index (χ2v) is 10.7. The van der Waals surface area contributed by atoms with Gasteiger partial charge >= 0.3 is 0 Å². The first-order valence-electron chi connectivity index (χ1n) is 12.5. The molecule has 1 atom stereocenters. The van der Waals surface area contributed by atoms with Crippen LogP contribution in [0.2, 0.25) is 0 Å². The zero-order valence-corrected chi connectivity index (χ0v) is 22.6. The SMILES string of the molecule is CCCCCCCCC[N+](C)(CC[N+](C)(C)CN1CCCC1=O)CN1CCCC1=O.[Cl-].[Cl-]. The Bertz CT molecular complexity index is 562. The van der Waals surface area contributed by atoms with Crippen molar-refractivity contribution in [3.8, 4) is 0 Å². The maximum absolute atomic E-state index is 12.3. The van der Waals surface area contributed by atoms with E-state index in [0.717, 1.165) is 74.3 Å². The molecule has 2 amide bonds. The van der Waals surface area contributed by atoms with Crippen LogP contribution >= 0.6 is 0 Å². The molecular weight excluding hydrogens is 447 g/mol.